The van der Waals surface area contributed by atoms with Gasteiger partial charge in [0.15, 0.2) is 0 Å². The van der Waals surface area contributed by atoms with E-state index >= 15 is 0 Å². The third kappa shape index (κ3) is 5.28. The quantitative estimate of drug-likeness (QED) is 0.633. The molecule has 0 fully saturated rings. The molecule has 3 nitrogen and oxygen atoms in total. The van der Waals surface area contributed by atoms with Gasteiger partial charge in [0.05, 0.1) is 0 Å². The first kappa shape index (κ1) is 18.8. The predicted octanol–water partition coefficient (Wildman–Crippen LogP) is 4.54. The van der Waals surface area contributed by atoms with Crippen LogP contribution < -0.4 is 5.32 Å². The molecule has 4 heteroatoms. The molecule has 0 bridgehead atoms. The molecule has 136 valence electrons. The molecule has 0 radical (unpaired) electrons. The molecule has 3 rings (SSSR count). The topological polar surface area (TPSA) is 28.2 Å². The lowest BCUT2D eigenvalue weighted by molar-refractivity contribution is 0.299. The van der Waals surface area contributed by atoms with Crippen LogP contribution in [0.1, 0.15) is 18.1 Å². The maximum atomic E-state index is 6.24. The molecule has 1 heterocycles. The van der Waals surface area contributed by atoms with Gasteiger partial charge in [-0.1, -0.05) is 41.9 Å². The number of aromatic nitrogens is 1. The van der Waals surface area contributed by atoms with E-state index < -0.39 is 0 Å². The molecule has 0 spiro atoms. The molecule has 1 N–H and O–H groups in total. The van der Waals surface area contributed by atoms with Crippen molar-refractivity contribution in [3.8, 4) is 0 Å². The molecule has 1 aromatic heterocycles. The van der Waals surface area contributed by atoms with E-state index in [4.69, 9.17) is 11.6 Å². The Morgan fingerprint density at radius 1 is 1.12 bits per heavy atom. The highest BCUT2D eigenvalue weighted by atomic mass is 35.5. The van der Waals surface area contributed by atoms with E-state index in [1.54, 1.807) is 0 Å². The van der Waals surface area contributed by atoms with Gasteiger partial charge in [-0.3, -0.25) is 4.98 Å². The minimum atomic E-state index is 0.416. The fraction of sp³-hybridized carbons (Fsp3) is 0.318. The summed E-state index contributed by atoms with van der Waals surface area (Å²) < 4.78 is 0. The van der Waals surface area contributed by atoms with Crippen molar-refractivity contribution in [2.24, 2.45) is 0 Å². The second kappa shape index (κ2) is 9.13. The molecule has 0 saturated heterocycles. The van der Waals surface area contributed by atoms with Gasteiger partial charge in [0.25, 0.3) is 0 Å². The van der Waals surface area contributed by atoms with Crippen LogP contribution in [0.25, 0.3) is 10.8 Å². The van der Waals surface area contributed by atoms with Gasteiger partial charge in [-0.15, -0.1) is 0 Å². The van der Waals surface area contributed by atoms with E-state index in [9.17, 15) is 0 Å². The Hall–Kier alpha value is -1.94. The van der Waals surface area contributed by atoms with Crippen molar-refractivity contribution in [3.05, 3.63) is 77.1 Å². The smallest absolute Gasteiger partial charge is 0.0438 e. The van der Waals surface area contributed by atoms with Crippen LogP contribution >= 0.6 is 11.6 Å². The molecule has 0 aliphatic heterocycles. The van der Waals surface area contributed by atoms with Gasteiger partial charge >= 0.3 is 0 Å². The summed E-state index contributed by atoms with van der Waals surface area (Å²) in [5, 5.41) is 6.90. The highest BCUT2D eigenvalue weighted by molar-refractivity contribution is 6.31. The lowest BCUT2D eigenvalue weighted by atomic mass is 10.1. The third-order valence-corrected chi connectivity index (χ3v) is 5.03. The molecule has 0 unspecified atom stereocenters. The predicted molar refractivity (Wildman–Crippen MR) is 111 cm³/mol. The Morgan fingerprint density at radius 2 is 1.96 bits per heavy atom. The summed E-state index contributed by atoms with van der Waals surface area (Å²) in [5.74, 6) is 0. The van der Waals surface area contributed by atoms with E-state index in [0.717, 1.165) is 31.1 Å². The van der Waals surface area contributed by atoms with Crippen molar-refractivity contribution in [3.63, 3.8) is 0 Å². The average Bonchev–Trinajstić information content (AvgIpc) is 2.65. The summed E-state index contributed by atoms with van der Waals surface area (Å²) in [7, 11) is 2.16. The van der Waals surface area contributed by atoms with Gasteiger partial charge in [-0.2, -0.15) is 0 Å². The Bertz CT molecular complexity index is 849. The van der Waals surface area contributed by atoms with Crippen LogP contribution in [0.3, 0.4) is 0 Å². The van der Waals surface area contributed by atoms with Gasteiger partial charge in [0.1, 0.15) is 0 Å². The maximum absolute atomic E-state index is 6.24. The van der Waals surface area contributed by atoms with Crippen molar-refractivity contribution in [2.45, 2.75) is 25.9 Å². The first-order valence-electron chi connectivity index (χ1n) is 9.10. The van der Waals surface area contributed by atoms with E-state index in [1.807, 2.05) is 30.6 Å². The summed E-state index contributed by atoms with van der Waals surface area (Å²) in [6.07, 6.45) is 4.72. The van der Waals surface area contributed by atoms with Crippen molar-refractivity contribution in [2.75, 3.05) is 20.1 Å². The van der Waals surface area contributed by atoms with Gasteiger partial charge in [-0.05, 0) is 55.1 Å². The monoisotopic (exact) mass is 367 g/mol. The number of benzene rings is 2. The van der Waals surface area contributed by atoms with Crippen LogP contribution in [-0.4, -0.2) is 36.1 Å². The van der Waals surface area contributed by atoms with Gasteiger partial charge in [-0.25, -0.2) is 0 Å². The number of hydrogen-bond acceptors (Lipinski definition) is 3. The fourth-order valence-electron chi connectivity index (χ4n) is 3.17. The Kier molecular flexibility index (Phi) is 6.62. The van der Waals surface area contributed by atoms with E-state index in [1.165, 1.54) is 21.9 Å². The SMILES string of the molecule is C[C@H](CN(C)CCc1ccccc1Cl)NCc1ccc2cnccc2c1. The van der Waals surface area contributed by atoms with Gasteiger partial charge in [0.2, 0.25) is 0 Å². The number of rotatable bonds is 8. The summed E-state index contributed by atoms with van der Waals surface area (Å²) >= 11 is 6.24. The van der Waals surface area contributed by atoms with Crippen LogP contribution in [0.5, 0.6) is 0 Å². The average molecular weight is 368 g/mol. The van der Waals surface area contributed by atoms with Crippen LogP contribution in [0.15, 0.2) is 60.9 Å². The molecular weight excluding hydrogens is 342 g/mol. The number of halogens is 1. The Morgan fingerprint density at radius 3 is 2.81 bits per heavy atom. The van der Waals surface area contributed by atoms with Crippen LogP contribution in [0, 0.1) is 0 Å². The first-order chi connectivity index (χ1) is 12.6. The number of fused-ring (bicyclic) bond motifs is 1. The zero-order valence-corrected chi connectivity index (χ0v) is 16.2. The second-order valence-electron chi connectivity index (χ2n) is 6.94. The molecule has 3 aromatic rings. The lowest BCUT2D eigenvalue weighted by Gasteiger charge is -2.22. The van der Waals surface area contributed by atoms with Crippen LogP contribution in [-0.2, 0) is 13.0 Å². The number of nitrogens with zero attached hydrogens (tertiary/aromatic N) is 2. The van der Waals surface area contributed by atoms with Crippen molar-refractivity contribution >= 4 is 22.4 Å². The zero-order valence-electron chi connectivity index (χ0n) is 15.5. The largest absolute Gasteiger partial charge is 0.309 e. The fourth-order valence-corrected chi connectivity index (χ4v) is 3.40. The molecule has 26 heavy (non-hydrogen) atoms. The van der Waals surface area contributed by atoms with E-state index in [-0.39, 0.29) is 0 Å². The first-order valence-corrected chi connectivity index (χ1v) is 9.47. The molecule has 0 amide bonds. The molecule has 0 aliphatic carbocycles. The number of likely N-dealkylation sites (N-methyl/N-ethyl adjacent to an activating group) is 1. The van der Waals surface area contributed by atoms with Crippen molar-refractivity contribution in [1.29, 1.82) is 0 Å². The molecule has 2 aromatic carbocycles. The highest BCUT2D eigenvalue weighted by Crippen LogP contribution is 2.16. The van der Waals surface area contributed by atoms with Crippen molar-refractivity contribution in [1.82, 2.24) is 15.2 Å². The second-order valence-corrected chi connectivity index (χ2v) is 7.35. The third-order valence-electron chi connectivity index (χ3n) is 4.67. The Labute approximate surface area is 161 Å². The van der Waals surface area contributed by atoms with Gasteiger partial charge in [0, 0.05) is 48.5 Å². The maximum Gasteiger partial charge on any atom is 0.0438 e. The Balaban J connectivity index is 1.45. The molecule has 0 aliphatic rings. The molecule has 1 atom stereocenters. The summed E-state index contributed by atoms with van der Waals surface area (Å²) in [4.78, 5) is 6.52. The van der Waals surface area contributed by atoms with Crippen LogP contribution in [0.2, 0.25) is 5.02 Å². The summed E-state index contributed by atoms with van der Waals surface area (Å²) in [6.45, 7) is 5.11. The standard InChI is InChI=1S/C22H26ClN3/c1-17(16-26(2)12-10-19-5-3-4-6-22(19)23)25-14-18-7-8-21-15-24-11-9-20(21)13-18/h3-9,11,13,15,17,25H,10,12,14,16H2,1-2H3/t17-/m1/s1. The minimum Gasteiger partial charge on any atom is -0.309 e. The summed E-state index contributed by atoms with van der Waals surface area (Å²) in [5.41, 5.74) is 2.52. The van der Waals surface area contributed by atoms with E-state index in [0.29, 0.717) is 6.04 Å². The minimum absolute atomic E-state index is 0.416. The van der Waals surface area contributed by atoms with Crippen LogP contribution in [0.4, 0.5) is 0 Å². The van der Waals surface area contributed by atoms with Crippen molar-refractivity contribution < 1.29 is 0 Å². The lowest BCUT2D eigenvalue weighted by Crippen LogP contribution is -2.37. The van der Waals surface area contributed by atoms with Gasteiger partial charge < -0.3 is 10.2 Å². The number of nitrogens with one attached hydrogen (secondary N) is 1. The van der Waals surface area contributed by atoms with E-state index in [2.05, 4.69) is 59.5 Å². The normalized spacial score (nSPS) is 12.6. The molecule has 0 saturated carbocycles. The highest BCUT2D eigenvalue weighted by Gasteiger charge is 2.08. The molecular formula is C22H26ClN3. The number of pyridine rings is 1. The number of hydrogen-bond donors (Lipinski definition) is 1. The zero-order chi connectivity index (χ0) is 18.4. The summed E-state index contributed by atoms with van der Waals surface area (Å²) in [6, 6.07) is 17.1.